The van der Waals surface area contributed by atoms with Crippen LogP contribution in [0.1, 0.15) is 21.5 Å². The second-order valence-electron chi connectivity index (χ2n) is 5.26. The number of benzene rings is 2. The first-order valence-electron chi connectivity index (χ1n) is 7.46. The molecule has 0 unspecified atom stereocenters. The second kappa shape index (κ2) is 8.15. The molecular weight excluding hydrogens is 309 g/mol. The minimum atomic E-state index is -0.483. The Balaban J connectivity index is 2.05. The molecule has 0 saturated carbocycles. The second-order valence-corrected chi connectivity index (χ2v) is 5.26. The Kier molecular flexibility index (Phi) is 5.95. The summed E-state index contributed by atoms with van der Waals surface area (Å²) >= 11 is 0. The molecule has 0 aliphatic rings. The maximum absolute atomic E-state index is 14.0. The van der Waals surface area contributed by atoms with Crippen molar-refractivity contribution in [3.63, 3.8) is 0 Å². The predicted octanol–water partition coefficient (Wildman–Crippen LogP) is 4.21. The molecule has 0 radical (unpaired) electrons. The molecule has 0 heterocycles. The third-order valence-electron chi connectivity index (χ3n) is 3.47. The Hall–Kier alpha value is -2.82. The van der Waals surface area contributed by atoms with Crippen molar-refractivity contribution in [3.8, 4) is 5.75 Å². The Morgan fingerprint density at radius 1 is 1.17 bits per heavy atom. The molecule has 2 rings (SSSR count). The fourth-order valence-corrected chi connectivity index (χ4v) is 2.16. The lowest BCUT2D eigenvalue weighted by Gasteiger charge is -2.10. The van der Waals surface area contributed by atoms with Crippen LogP contribution in [0.25, 0.3) is 6.08 Å². The van der Waals surface area contributed by atoms with Gasteiger partial charge in [0.1, 0.15) is 17.1 Å². The van der Waals surface area contributed by atoms with Crippen LogP contribution in [0, 0.1) is 6.92 Å². The van der Waals surface area contributed by atoms with Gasteiger partial charge in [-0.3, -0.25) is 0 Å². The maximum Gasteiger partial charge on any atom is 0.341 e. The zero-order valence-corrected chi connectivity index (χ0v) is 13.9. The third kappa shape index (κ3) is 4.59. The number of carbonyl (C=O) groups is 1. The van der Waals surface area contributed by atoms with Gasteiger partial charge in [-0.05, 0) is 30.7 Å². The average Bonchev–Trinajstić information content (AvgIpc) is 2.61. The van der Waals surface area contributed by atoms with Crippen LogP contribution in [-0.2, 0) is 4.74 Å². The lowest BCUT2D eigenvalue weighted by molar-refractivity contribution is 0.0597. The molecule has 0 aliphatic carbocycles. The van der Waals surface area contributed by atoms with E-state index in [4.69, 9.17) is 4.74 Å². The van der Waals surface area contributed by atoms with E-state index in [1.54, 1.807) is 18.2 Å². The monoisotopic (exact) mass is 329 g/mol. The Morgan fingerprint density at radius 3 is 2.50 bits per heavy atom. The molecule has 4 nitrogen and oxygen atoms in total. The van der Waals surface area contributed by atoms with Crippen molar-refractivity contribution in [1.82, 2.24) is 0 Å². The first-order valence-corrected chi connectivity index (χ1v) is 7.46. The number of ether oxygens (including phenoxy) is 2. The van der Waals surface area contributed by atoms with Crippen LogP contribution >= 0.6 is 0 Å². The Morgan fingerprint density at radius 2 is 1.88 bits per heavy atom. The number of methoxy groups -OCH3 is 2. The molecule has 0 atom stereocenters. The van der Waals surface area contributed by atoms with Crippen LogP contribution in [0.15, 0.2) is 48.3 Å². The van der Waals surface area contributed by atoms with E-state index in [1.807, 2.05) is 31.2 Å². The van der Waals surface area contributed by atoms with Crippen LogP contribution in [0.4, 0.5) is 10.1 Å². The molecule has 2 aromatic rings. The number of rotatable bonds is 6. The van der Waals surface area contributed by atoms with Crippen molar-refractivity contribution in [3.05, 3.63) is 65.0 Å². The summed E-state index contributed by atoms with van der Waals surface area (Å²) in [5, 5.41) is 2.96. The highest BCUT2D eigenvalue weighted by Crippen LogP contribution is 2.24. The van der Waals surface area contributed by atoms with Crippen LogP contribution in [-0.4, -0.2) is 26.7 Å². The minimum Gasteiger partial charge on any atom is -0.496 e. The number of hydrogen-bond acceptors (Lipinski definition) is 4. The SMILES string of the molecule is COC(=O)c1ccc(NC/C(F)=C/c2ccc(C)cc2)cc1OC. The fraction of sp³-hybridized carbons (Fsp3) is 0.211. The summed E-state index contributed by atoms with van der Waals surface area (Å²) in [6.07, 6.45) is 1.48. The molecule has 0 aliphatic heterocycles. The number of esters is 1. The van der Waals surface area contributed by atoms with Crippen molar-refractivity contribution in [2.45, 2.75) is 6.92 Å². The van der Waals surface area contributed by atoms with Crippen LogP contribution in [0.2, 0.25) is 0 Å². The van der Waals surface area contributed by atoms with E-state index < -0.39 is 5.97 Å². The number of carbonyl (C=O) groups excluding carboxylic acids is 1. The molecule has 126 valence electrons. The van der Waals surface area contributed by atoms with Gasteiger partial charge in [0.05, 0.1) is 20.8 Å². The first-order chi connectivity index (χ1) is 11.5. The van der Waals surface area contributed by atoms with E-state index in [0.29, 0.717) is 17.0 Å². The quantitative estimate of drug-likeness (QED) is 0.806. The van der Waals surface area contributed by atoms with Crippen LogP contribution in [0.5, 0.6) is 5.75 Å². The molecule has 0 spiro atoms. The largest absolute Gasteiger partial charge is 0.496 e. The minimum absolute atomic E-state index is 0.0363. The van der Waals surface area contributed by atoms with Gasteiger partial charge in [0.15, 0.2) is 0 Å². The van der Waals surface area contributed by atoms with Crippen LogP contribution < -0.4 is 10.1 Å². The molecule has 0 amide bonds. The predicted molar refractivity (Wildman–Crippen MR) is 93.1 cm³/mol. The molecule has 0 fully saturated rings. The van der Waals surface area contributed by atoms with Gasteiger partial charge in [-0.25, -0.2) is 9.18 Å². The van der Waals surface area contributed by atoms with Gasteiger partial charge in [-0.1, -0.05) is 29.8 Å². The molecular formula is C19H20FNO3. The van der Waals surface area contributed by atoms with Crippen molar-refractivity contribution >= 4 is 17.7 Å². The third-order valence-corrected chi connectivity index (χ3v) is 3.47. The topological polar surface area (TPSA) is 47.6 Å². The van der Waals surface area contributed by atoms with Crippen molar-refractivity contribution in [2.24, 2.45) is 0 Å². The molecule has 0 aromatic heterocycles. The summed E-state index contributed by atoms with van der Waals surface area (Å²) in [5.41, 5.74) is 2.90. The van der Waals surface area contributed by atoms with Gasteiger partial charge < -0.3 is 14.8 Å². The molecule has 2 aromatic carbocycles. The highest BCUT2D eigenvalue weighted by molar-refractivity contribution is 5.93. The van der Waals surface area contributed by atoms with E-state index in [2.05, 4.69) is 10.1 Å². The van der Waals surface area contributed by atoms with Crippen LogP contribution in [0.3, 0.4) is 0 Å². The van der Waals surface area contributed by atoms with Crippen molar-refractivity contribution < 1.29 is 18.7 Å². The zero-order chi connectivity index (χ0) is 17.5. The fourth-order valence-electron chi connectivity index (χ4n) is 2.16. The van der Waals surface area contributed by atoms with Gasteiger partial charge in [0, 0.05) is 11.8 Å². The van der Waals surface area contributed by atoms with Crippen molar-refractivity contribution in [1.29, 1.82) is 0 Å². The number of anilines is 1. The number of halogens is 1. The van der Waals surface area contributed by atoms with Crippen molar-refractivity contribution in [2.75, 3.05) is 26.1 Å². The summed E-state index contributed by atoms with van der Waals surface area (Å²) in [7, 11) is 2.77. The lowest BCUT2D eigenvalue weighted by Crippen LogP contribution is -2.06. The van der Waals surface area contributed by atoms with Gasteiger partial charge >= 0.3 is 5.97 Å². The molecule has 0 saturated heterocycles. The van der Waals surface area contributed by atoms with Gasteiger partial charge in [-0.15, -0.1) is 0 Å². The summed E-state index contributed by atoms with van der Waals surface area (Å²) < 4.78 is 23.9. The van der Waals surface area contributed by atoms with E-state index in [9.17, 15) is 9.18 Å². The summed E-state index contributed by atoms with van der Waals surface area (Å²) in [5.74, 6) is -0.409. The Labute approximate surface area is 140 Å². The number of hydrogen-bond donors (Lipinski definition) is 1. The standard InChI is InChI=1S/C19H20FNO3/c1-13-4-6-14(7-5-13)10-15(20)12-21-16-8-9-17(19(22)24-3)18(11-16)23-2/h4-11,21H,12H2,1-3H3/b15-10-. The molecule has 5 heteroatoms. The van der Waals surface area contributed by atoms with Gasteiger partial charge in [-0.2, -0.15) is 0 Å². The summed E-state index contributed by atoms with van der Waals surface area (Å²) in [6.45, 7) is 2.02. The highest BCUT2D eigenvalue weighted by atomic mass is 19.1. The lowest BCUT2D eigenvalue weighted by atomic mass is 10.1. The van der Waals surface area contributed by atoms with E-state index in [0.717, 1.165) is 11.1 Å². The Bertz CT molecular complexity index is 739. The van der Waals surface area contributed by atoms with E-state index in [-0.39, 0.29) is 12.4 Å². The van der Waals surface area contributed by atoms with E-state index >= 15 is 0 Å². The summed E-state index contributed by atoms with van der Waals surface area (Å²) in [6, 6.07) is 12.5. The number of nitrogens with one attached hydrogen (secondary N) is 1. The van der Waals surface area contributed by atoms with Gasteiger partial charge in [0.25, 0.3) is 0 Å². The molecule has 0 bridgehead atoms. The molecule has 24 heavy (non-hydrogen) atoms. The zero-order valence-electron chi connectivity index (χ0n) is 13.9. The normalized spacial score (nSPS) is 11.1. The number of aryl methyl sites for hydroxylation is 1. The first kappa shape index (κ1) is 17.5. The van der Waals surface area contributed by atoms with E-state index in [1.165, 1.54) is 20.3 Å². The summed E-state index contributed by atoms with van der Waals surface area (Å²) in [4.78, 5) is 11.6. The van der Waals surface area contributed by atoms with Gasteiger partial charge in [0.2, 0.25) is 0 Å². The highest BCUT2D eigenvalue weighted by Gasteiger charge is 2.13. The average molecular weight is 329 g/mol. The maximum atomic E-state index is 14.0. The molecule has 1 N–H and O–H groups in total. The smallest absolute Gasteiger partial charge is 0.341 e.